The molecular weight excluding hydrogens is 212 g/mol. The first kappa shape index (κ1) is 12.3. The molecule has 0 spiro atoms. The molecule has 0 aliphatic rings. The molecule has 0 radical (unpaired) electrons. The smallest absolute Gasteiger partial charge is 0.138 e. The number of halogens is 1. The zero-order chi connectivity index (χ0) is 11.3. The Labute approximate surface area is 95.8 Å². The van der Waals surface area contributed by atoms with Crippen molar-refractivity contribution >= 4 is 11.6 Å². The molecule has 0 saturated carbocycles. The van der Waals surface area contributed by atoms with Crippen LogP contribution in [0.2, 0.25) is 5.02 Å². The molecule has 2 nitrogen and oxygen atoms in total. The fourth-order valence-corrected chi connectivity index (χ4v) is 1.70. The molecule has 1 N–H and O–H groups in total. The van der Waals surface area contributed by atoms with Crippen LogP contribution in [0.4, 0.5) is 0 Å². The summed E-state index contributed by atoms with van der Waals surface area (Å²) in [4.78, 5) is 0. The van der Waals surface area contributed by atoms with E-state index in [0.29, 0.717) is 17.4 Å². The Kier molecular flexibility index (Phi) is 4.92. The SMILES string of the molecule is CCCOc1cccc(C(C)CO)c1Cl. The van der Waals surface area contributed by atoms with E-state index < -0.39 is 0 Å². The Hall–Kier alpha value is -0.730. The third-order valence-electron chi connectivity index (χ3n) is 2.26. The predicted molar refractivity (Wildman–Crippen MR) is 62.7 cm³/mol. The van der Waals surface area contributed by atoms with Gasteiger partial charge in [-0.05, 0) is 18.1 Å². The Balaban J connectivity index is 2.90. The van der Waals surface area contributed by atoms with Crippen molar-refractivity contribution < 1.29 is 9.84 Å². The number of rotatable bonds is 5. The molecule has 1 rings (SSSR count). The minimum atomic E-state index is 0.0441. The molecule has 0 aliphatic heterocycles. The molecule has 1 aromatic carbocycles. The van der Waals surface area contributed by atoms with Crippen LogP contribution in [0, 0.1) is 0 Å². The summed E-state index contributed by atoms with van der Waals surface area (Å²) in [5, 5.41) is 9.70. The quantitative estimate of drug-likeness (QED) is 0.839. The monoisotopic (exact) mass is 228 g/mol. The molecule has 15 heavy (non-hydrogen) atoms. The van der Waals surface area contributed by atoms with Gasteiger partial charge in [-0.2, -0.15) is 0 Å². The number of hydrogen-bond acceptors (Lipinski definition) is 2. The summed E-state index contributed by atoms with van der Waals surface area (Å²) in [5.41, 5.74) is 0.938. The first-order chi connectivity index (χ1) is 7.20. The molecule has 1 aromatic rings. The Morgan fingerprint density at radius 3 is 2.80 bits per heavy atom. The molecule has 3 heteroatoms. The van der Waals surface area contributed by atoms with E-state index in [2.05, 4.69) is 0 Å². The molecule has 84 valence electrons. The van der Waals surface area contributed by atoms with Crippen molar-refractivity contribution in [3.05, 3.63) is 28.8 Å². The van der Waals surface area contributed by atoms with E-state index in [-0.39, 0.29) is 12.5 Å². The third kappa shape index (κ3) is 3.11. The molecule has 0 fully saturated rings. The van der Waals surface area contributed by atoms with Crippen LogP contribution >= 0.6 is 11.6 Å². The normalized spacial score (nSPS) is 12.5. The van der Waals surface area contributed by atoms with Gasteiger partial charge in [0.2, 0.25) is 0 Å². The van der Waals surface area contributed by atoms with Gasteiger partial charge in [-0.15, -0.1) is 0 Å². The second kappa shape index (κ2) is 5.99. The van der Waals surface area contributed by atoms with E-state index in [0.717, 1.165) is 12.0 Å². The van der Waals surface area contributed by atoms with Crippen molar-refractivity contribution in [1.82, 2.24) is 0 Å². The Bertz CT molecular complexity index is 312. The van der Waals surface area contributed by atoms with Crippen LogP contribution in [-0.4, -0.2) is 18.3 Å². The van der Waals surface area contributed by atoms with Gasteiger partial charge in [0.1, 0.15) is 5.75 Å². The van der Waals surface area contributed by atoms with E-state index in [1.807, 2.05) is 32.0 Å². The van der Waals surface area contributed by atoms with Crippen LogP contribution in [0.25, 0.3) is 0 Å². The lowest BCUT2D eigenvalue weighted by Crippen LogP contribution is -2.02. The van der Waals surface area contributed by atoms with Gasteiger partial charge in [-0.3, -0.25) is 0 Å². The van der Waals surface area contributed by atoms with Crippen LogP contribution in [0.1, 0.15) is 31.7 Å². The van der Waals surface area contributed by atoms with Crippen LogP contribution in [0.15, 0.2) is 18.2 Å². The van der Waals surface area contributed by atoms with Crippen molar-refractivity contribution in [3.8, 4) is 5.75 Å². The van der Waals surface area contributed by atoms with Gasteiger partial charge < -0.3 is 9.84 Å². The fourth-order valence-electron chi connectivity index (χ4n) is 1.33. The average molecular weight is 229 g/mol. The van der Waals surface area contributed by atoms with E-state index >= 15 is 0 Å². The van der Waals surface area contributed by atoms with E-state index in [9.17, 15) is 0 Å². The number of benzene rings is 1. The fraction of sp³-hybridized carbons (Fsp3) is 0.500. The van der Waals surface area contributed by atoms with Gasteiger partial charge in [0.25, 0.3) is 0 Å². The number of ether oxygens (including phenoxy) is 1. The van der Waals surface area contributed by atoms with Crippen molar-refractivity contribution in [3.63, 3.8) is 0 Å². The molecule has 1 atom stereocenters. The highest BCUT2D eigenvalue weighted by atomic mass is 35.5. The largest absolute Gasteiger partial charge is 0.492 e. The lowest BCUT2D eigenvalue weighted by molar-refractivity contribution is 0.272. The summed E-state index contributed by atoms with van der Waals surface area (Å²) < 4.78 is 5.51. The minimum absolute atomic E-state index is 0.0441. The minimum Gasteiger partial charge on any atom is -0.492 e. The standard InChI is InChI=1S/C12H17ClO2/c1-3-7-15-11-6-4-5-10(12(11)13)9(2)8-14/h4-6,9,14H,3,7-8H2,1-2H3. The van der Waals surface area contributed by atoms with E-state index in [1.54, 1.807) is 0 Å². The van der Waals surface area contributed by atoms with Crippen molar-refractivity contribution in [2.45, 2.75) is 26.2 Å². The van der Waals surface area contributed by atoms with Gasteiger partial charge in [0.05, 0.1) is 11.6 Å². The second-order valence-corrected chi connectivity index (χ2v) is 3.97. The zero-order valence-electron chi connectivity index (χ0n) is 9.16. The maximum absolute atomic E-state index is 9.08. The summed E-state index contributed by atoms with van der Waals surface area (Å²) in [6.45, 7) is 4.74. The summed E-state index contributed by atoms with van der Waals surface area (Å²) in [7, 11) is 0. The van der Waals surface area contributed by atoms with Crippen molar-refractivity contribution in [2.75, 3.05) is 13.2 Å². The molecule has 1 unspecified atom stereocenters. The summed E-state index contributed by atoms with van der Waals surface area (Å²) in [6.07, 6.45) is 0.954. The van der Waals surface area contributed by atoms with Gasteiger partial charge in [-0.25, -0.2) is 0 Å². The maximum atomic E-state index is 9.08. The molecule has 0 amide bonds. The lowest BCUT2D eigenvalue weighted by Gasteiger charge is -2.14. The lowest BCUT2D eigenvalue weighted by atomic mass is 10.0. The molecule has 0 aliphatic carbocycles. The highest BCUT2D eigenvalue weighted by Gasteiger charge is 2.12. The Morgan fingerprint density at radius 2 is 2.20 bits per heavy atom. The van der Waals surface area contributed by atoms with Gasteiger partial charge in [0, 0.05) is 12.5 Å². The van der Waals surface area contributed by atoms with Crippen LogP contribution in [0.3, 0.4) is 0 Å². The van der Waals surface area contributed by atoms with Crippen LogP contribution in [-0.2, 0) is 0 Å². The topological polar surface area (TPSA) is 29.5 Å². The van der Waals surface area contributed by atoms with Crippen molar-refractivity contribution in [2.24, 2.45) is 0 Å². The first-order valence-corrected chi connectivity index (χ1v) is 5.60. The van der Waals surface area contributed by atoms with Crippen LogP contribution < -0.4 is 4.74 Å². The average Bonchev–Trinajstić information content (AvgIpc) is 2.27. The molecular formula is C12H17ClO2. The van der Waals surface area contributed by atoms with Gasteiger partial charge >= 0.3 is 0 Å². The van der Waals surface area contributed by atoms with E-state index in [1.165, 1.54) is 0 Å². The number of aliphatic hydroxyl groups is 1. The summed E-state index contributed by atoms with van der Waals surface area (Å²) >= 11 is 6.18. The molecule has 0 bridgehead atoms. The zero-order valence-corrected chi connectivity index (χ0v) is 9.92. The van der Waals surface area contributed by atoms with Gasteiger partial charge in [0.15, 0.2) is 0 Å². The molecule has 0 heterocycles. The highest BCUT2D eigenvalue weighted by molar-refractivity contribution is 6.32. The Morgan fingerprint density at radius 1 is 1.47 bits per heavy atom. The third-order valence-corrected chi connectivity index (χ3v) is 2.66. The van der Waals surface area contributed by atoms with E-state index in [4.69, 9.17) is 21.4 Å². The van der Waals surface area contributed by atoms with Crippen LogP contribution in [0.5, 0.6) is 5.75 Å². The first-order valence-electron chi connectivity index (χ1n) is 5.22. The van der Waals surface area contributed by atoms with Crippen molar-refractivity contribution in [1.29, 1.82) is 0 Å². The molecule has 0 saturated heterocycles. The number of hydrogen-bond donors (Lipinski definition) is 1. The molecule has 0 aromatic heterocycles. The summed E-state index contributed by atoms with van der Waals surface area (Å²) in [5.74, 6) is 0.749. The predicted octanol–water partition coefficient (Wildman–Crippen LogP) is 3.22. The van der Waals surface area contributed by atoms with Gasteiger partial charge in [-0.1, -0.05) is 37.6 Å². The second-order valence-electron chi connectivity index (χ2n) is 3.59. The maximum Gasteiger partial charge on any atom is 0.138 e. The number of aliphatic hydroxyl groups excluding tert-OH is 1. The summed E-state index contributed by atoms with van der Waals surface area (Å²) in [6, 6.07) is 5.67. The highest BCUT2D eigenvalue weighted by Crippen LogP contribution is 2.32.